The Morgan fingerprint density at radius 3 is 2.22 bits per heavy atom. The van der Waals surface area contributed by atoms with Crippen molar-refractivity contribution in [3.05, 3.63) is 95.0 Å². The van der Waals surface area contributed by atoms with Crippen LogP contribution >= 0.6 is 11.6 Å². The van der Waals surface area contributed by atoms with Gasteiger partial charge in [-0.2, -0.15) is 0 Å². The van der Waals surface area contributed by atoms with Crippen molar-refractivity contribution in [3.63, 3.8) is 0 Å². The van der Waals surface area contributed by atoms with Gasteiger partial charge in [0.05, 0.1) is 5.69 Å². The largest absolute Gasteiger partial charge is 0.489 e. The summed E-state index contributed by atoms with van der Waals surface area (Å²) in [5, 5.41) is 0.724. The quantitative estimate of drug-likeness (QED) is 0.555. The van der Waals surface area contributed by atoms with E-state index in [1.54, 1.807) is 0 Å². The average Bonchev–Trinajstić information content (AvgIpc) is 2.61. The van der Waals surface area contributed by atoms with Gasteiger partial charge < -0.3 is 4.74 Å². The van der Waals surface area contributed by atoms with Gasteiger partial charge in [0.15, 0.2) is 0 Å². The van der Waals surface area contributed by atoms with Crippen LogP contribution < -0.4 is 4.74 Å². The van der Waals surface area contributed by atoms with Crippen molar-refractivity contribution in [2.45, 2.75) is 6.61 Å². The van der Waals surface area contributed by atoms with E-state index in [0.717, 1.165) is 27.6 Å². The molecule has 0 atom stereocenters. The highest BCUT2D eigenvalue weighted by atomic mass is 35.5. The standard InChI is InChI=1S/C20H16ClNO/c21-18-8-6-16(7-9-18)14-22-19-10-12-20(13-11-19)23-15-17-4-2-1-3-5-17/h1-14H,15H2. The molecular formula is C20H16ClNO. The molecule has 3 aromatic carbocycles. The molecular weight excluding hydrogens is 306 g/mol. The molecule has 0 aliphatic carbocycles. The van der Waals surface area contributed by atoms with Crippen LogP contribution in [0.5, 0.6) is 5.75 Å². The number of hydrogen-bond donors (Lipinski definition) is 0. The van der Waals surface area contributed by atoms with Crippen molar-refractivity contribution in [3.8, 4) is 5.75 Å². The van der Waals surface area contributed by atoms with Crippen molar-refractivity contribution in [1.29, 1.82) is 0 Å². The molecule has 0 bridgehead atoms. The Kier molecular flexibility index (Phi) is 5.07. The molecule has 3 rings (SSSR count). The average molecular weight is 322 g/mol. The lowest BCUT2D eigenvalue weighted by Crippen LogP contribution is -1.94. The van der Waals surface area contributed by atoms with Gasteiger partial charge in [0.25, 0.3) is 0 Å². The van der Waals surface area contributed by atoms with Gasteiger partial charge in [-0.15, -0.1) is 0 Å². The monoisotopic (exact) mass is 321 g/mol. The number of aliphatic imine (C=N–C) groups is 1. The van der Waals surface area contributed by atoms with Crippen LogP contribution in [0.4, 0.5) is 5.69 Å². The maximum Gasteiger partial charge on any atom is 0.119 e. The van der Waals surface area contributed by atoms with E-state index in [4.69, 9.17) is 16.3 Å². The number of nitrogens with zero attached hydrogens (tertiary/aromatic N) is 1. The van der Waals surface area contributed by atoms with Gasteiger partial charge in [0, 0.05) is 11.2 Å². The first kappa shape index (κ1) is 15.3. The Morgan fingerprint density at radius 1 is 0.826 bits per heavy atom. The molecule has 23 heavy (non-hydrogen) atoms. The maximum absolute atomic E-state index is 5.86. The van der Waals surface area contributed by atoms with Crippen LogP contribution in [0.3, 0.4) is 0 Å². The zero-order chi connectivity index (χ0) is 15.9. The molecule has 114 valence electrons. The fourth-order valence-electron chi connectivity index (χ4n) is 2.07. The van der Waals surface area contributed by atoms with E-state index in [9.17, 15) is 0 Å². The minimum Gasteiger partial charge on any atom is -0.489 e. The predicted molar refractivity (Wildman–Crippen MR) is 95.9 cm³/mol. The molecule has 0 saturated carbocycles. The predicted octanol–water partition coefficient (Wildman–Crippen LogP) is 5.67. The molecule has 0 aliphatic heterocycles. The summed E-state index contributed by atoms with van der Waals surface area (Å²) in [4.78, 5) is 4.44. The SMILES string of the molecule is Clc1ccc(C=Nc2ccc(OCc3ccccc3)cc2)cc1. The Morgan fingerprint density at radius 2 is 1.52 bits per heavy atom. The maximum atomic E-state index is 5.86. The lowest BCUT2D eigenvalue weighted by Gasteiger charge is -2.06. The van der Waals surface area contributed by atoms with E-state index >= 15 is 0 Å². The second-order valence-corrected chi connectivity index (χ2v) is 5.51. The van der Waals surface area contributed by atoms with Crippen molar-refractivity contribution in [2.75, 3.05) is 0 Å². The second-order valence-electron chi connectivity index (χ2n) is 5.08. The van der Waals surface area contributed by atoms with Crippen molar-refractivity contribution < 1.29 is 4.74 Å². The van der Waals surface area contributed by atoms with Gasteiger partial charge in [-0.3, -0.25) is 4.99 Å². The molecule has 0 saturated heterocycles. The molecule has 0 heterocycles. The van der Waals surface area contributed by atoms with Crippen LogP contribution in [0.1, 0.15) is 11.1 Å². The Hall–Kier alpha value is -2.58. The van der Waals surface area contributed by atoms with Crippen LogP contribution in [0.15, 0.2) is 83.9 Å². The van der Waals surface area contributed by atoms with Crippen molar-refractivity contribution >= 4 is 23.5 Å². The number of halogens is 1. The van der Waals surface area contributed by atoms with Crippen LogP contribution in [-0.2, 0) is 6.61 Å². The van der Waals surface area contributed by atoms with Crippen LogP contribution in [0.25, 0.3) is 0 Å². The topological polar surface area (TPSA) is 21.6 Å². The molecule has 0 amide bonds. The van der Waals surface area contributed by atoms with Crippen LogP contribution in [-0.4, -0.2) is 6.21 Å². The number of ether oxygens (including phenoxy) is 1. The molecule has 3 aromatic rings. The van der Waals surface area contributed by atoms with Crippen molar-refractivity contribution in [2.24, 2.45) is 4.99 Å². The molecule has 0 radical (unpaired) electrons. The summed E-state index contributed by atoms with van der Waals surface area (Å²) in [6.45, 7) is 0.564. The van der Waals surface area contributed by atoms with E-state index in [2.05, 4.69) is 4.99 Å². The second kappa shape index (κ2) is 7.61. The lowest BCUT2D eigenvalue weighted by atomic mass is 10.2. The highest BCUT2D eigenvalue weighted by Crippen LogP contribution is 2.19. The highest BCUT2D eigenvalue weighted by molar-refractivity contribution is 6.30. The summed E-state index contributed by atoms with van der Waals surface area (Å²) in [6.07, 6.45) is 1.82. The summed E-state index contributed by atoms with van der Waals surface area (Å²) in [6, 6.07) is 25.4. The molecule has 0 N–H and O–H groups in total. The van der Waals surface area contributed by atoms with Gasteiger partial charge in [-0.1, -0.05) is 54.1 Å². The van der Waals surface area contributed by atoms with E-state index in [0.29, 0.717) is 6.61 Å². The molecule has 0 unspecified atom stereocenters. The van der Waals surface area contributed by atoms with E-state index < -0.39 is 0 Å². The molecule has 3 heteroatoms. The number of rotatable bonds is 5. The minimum absolute atomic E-state index is 0.564. The fourth-order valence-corrected chi connectivity index (χ4v) is 2.19. The van der Waals surface area contributed by atoms with E-state index in [-0.39, 0.29) is 0 Å². The summed E-state index contributed by atoms with van der Waals surface area (Å²) >= 11 is 5.86. The first-order chi connectivity index (χ1) is 11.3. The van der Waals surface area contributed by atoms with Gasteiger partial charge in [0.1, 0.15) is 12.4 Å². The third-order valence-electron chi connectivity index (χ3n) is 3.32. The van der Waals surface area contributed by atoms with Crippen molar-refractivity contribution in [1.82, 2.24) is 0 Å². The molecule has 0 spiro atoms. The highest BCUT2D eigenvalue weighted by Gasteiger charge is 1.96. The Balaban J connectivity index is 1.59. The Bertz CT molecular complexity index is 765. The van der Waals surface area contributed by atoms with E-state index in [1.165, 1.54) is 0 Å². The zero-order valence-corrected chi connectivity index (χ0v) is 13.3. The van der Waals surface area contributed by atoms with Gasteiger partial charge >= 0.3 is 0 Å². The summed E-state index contributed by atoms with van der Waals surface area (Å²) in [5.74, 6) is 0.833. The molecule has 0 fully saturated rings. The first-order valence-corrected chi connectivity index (χ1v) is 7.74. The zero-order valence-electron chi connectivity index (χ0n) is 12.5. The van der Waals surface area contributed by atoms with Gasteiger partial charge in [-0.25, -0.2) is 0 Å². The van der Waals surface area contributed by atoms with E-state index in [1.807, 2.05) is 85.1 Å². The smallest absolute Gasteiger partial charge is 0.119 e. The minimum atomic E-state index is 0.564. The number of benzene rings is 3. The first-order valence-electron chi connectivity index (χ1n) is 7.36. The number of hydrogen-bond acceptors (Lipinski definition) is 2. The summed E-state index contributed by atoms with van der Waals surface area (Å²) in [7, 11) is 0. The summed E-state index contributed by atoms with van der Waals surface area (Å²) < 4.78 is 5.76. The van der Waals surface area contributed by atoms with Gasteiger partial charge in [-0.05, 0) is 47.5 Å². The molecule has 0 aliphatic rings. The Labute approximate surface area is 141 Å². The van der Waals surface area contributed by atoms with Crippen LogP contribution in [0.2, 0.25) is 5.02 Å². The molecule has 2 nitrogen and oxygen atoms in total. The fraction of sp³-hybridized carbons (Fsp3) is 0.0500. The lowest BCUT2D eigenvalue weighted by molar-refractivity contribution is 0.306. The van der Waals surface area contributed by atoms with Gasteiger partial charge in [0.2, 0.25) is 0 Å². The summed E-state index contributed by atoms with van der Waals surface area (Å²) in [5.41, 5.74) is 3.04. The third kappa shape index (κ3) is 4.70. The molecule has 0 aromatic heterocycles. The third-order valence-corrected chi connectivity index (χ3v) is 3.57. The van der Waals surface area contributed by atoms with Crippen LogP contribution in [0, 0.1) is 0 Å². The normalized spacial score (nSPS) is 10.8.